The highest BCUT2D eigenvalue weighted by Gasteiger charge is 2.51. The van der Waals surface area contributed by atoms with Gasteiger partial charge in [0.25, 0.3) is 5.91 Å². The Kier molecular flexibility index (Phi) is 4.83. The van der Waals surface area contributed by atoms with Gasteiger partial charge in [0.1, 0.15) is 6.10 Å². The predicted molar refractivity (Wildman–Crippen MR) is 91.5 cm³/mol. The van der Waals surface area contributed by atoms with E-state index in [1.807, 2.05) is 0 Å². The summed E-state index contributed by atoms with van der Waals surface area (Å²) in [4.78, 5) is 30.6. The molecule has 25 heavy (non-hydrogen) atoms. The summed E-state index contributed by atoms with van der Waals surface area (Å²) in [7, 11) is 7.21. The molecule has 138 valence electrons. The zero-order valence-corrected chi connectivity index (χ0v) is 15.3. The first-order chi connectivity index (χ1) is 11.8. The molecule has 1 N–H and O–H groups in total. The number of aliphatic hydroxyl groups excluding tert-OH is 1. The molecule has 8 heteroatoms. The Bertz CT molecular complexity index is 656. The van der Waals surface area contributed by atoms with Crippen molar-refractivity contribution in [1.82, 2.24) is 24.5 Å². The lowest BCUT2D eigenvalue weighted by molar-refractivity contribution is -0.141. The Morgan fingerprint density at radius 3 is 2.56 bits per heavy atom. The zero-order valence-electron chi connectivity index (χ0n) is 15.3. The molecule has 3 rings (SSSR count). The molecule has 3 atom stereocenters. The van der Waals surface area contributed by atoms with E-state index in [1.54, 1.807) is 43.1 Å². The van der Waals surface area contributed by atoms with E-state index in [4.69, 9.17) is 0 Å². The van der Waals surface area contributed by atoms with Crippen molar-refractivity contribution >= 4 is 11.8 Å². The van der Waals surface area contributed by atoms with Crippen molar-refractivity contribution in [2.24, 2.45) is 13.0 Å². The van der Waals surface area contributed by atoms with Crippen molar-refractivity contribution in [3.05, 3.63) is 18.0 Å². The minimum absolute atomic E-state index is 0.205. The van der Waals surface area contributed by atoms with E-state index in [0.717, 1.165) is 12.1 Å². The monoisotopic (exact) mass is 349 g/mol. The van der Waals surface area contributed by atoms with Crippen molar-refractivity contribution in [3.8, 4) is 0 Å². The lowest BCUT2D eigenvalue weighted by Crippen LogP contribution is -2.43. The molecular weight excluding hydrogens is 322 g/mol. The Labute approximate surface area is 148 Å². The van der Waals surface area contributed by atoms with Gasteiger partial charge in [-0.05, 0) is 19.9 Å². The molecule has 8 nitrogen and oxygen atoms in total. The molecule has 1 saturated heterocycles. The van der Waals surface area contributed by atoms with Gasteiger partial charge in [-0.3, -0.25) is 14.3 Å². The molecule has 2 fully saturated rings. The third-order valence-electron chi connectivity index (χ3n) is 5.38. The molecule has 1 aromatic rings. The van der Waals surface area contributed by atoms with Gasteiger partial charge in [-0.2, -0.15) is 5.10 Å². The lowest BCUT2D eigenvalue weighted by Gasteiger charge is -2.28. The molecule has 1 aromatic heterocycles. The summed E-state index contributed by atoms with van der Waals surface area (Å²) in [5.41, 5.74) is 0.761. The lowest BCUT2D eigenvalue weighted by atomic mass is 9.92. The van der Waals surface area contributed by atoms with Crippen LogP contribution in [0.15, 0.2) is 12.4 Å². The fourth-order valence-corrected chi connectivity index (χ4v) is 3.58. The van der Waals surface area contributed by atoms with E-state index in [9.17, 15) is 14.7 Å². The molecular formula is C17H27N5O3. The average molecular weight is 349 g/mol. The van der Waals surface area contributed by atoms with Gasteiger partial charge in [-0.15, -0.1) is 0 Å². The van der Waals surface area contributed by atoms with E-state index in [-0.39, 0.29) is 5.91 Å². The van der Waals surface area contributed by atoms with Gasteiger partial charge in [-0.1, -0.05) is 0 Å². The smallest absolute Gasteiger partial charge is 0.252 e. The van der Waals surface area contributed by atoms with Gasteiger partial charge in [0.2, 0.25) is 5.91 Å². The Balaban J connectivity index is 1.74. The fourth-order valence-electron chi connectivity index (χ4n) is 3.58. The molecule has 1 saturated carbocycles. The highest BCUT2D eigenvalue weighted by Crippen LogP contribution is 2.38. The molecule has 1 aliphatic carbocycles. The zero-order chi connectivity index (χ0) is 18.3. The summed E-state index contributed by atoms with van der Waals surface area (Å²) < 4.78 is 1.63. The number of aryl methyl sites for hydroxylation is 1. The first-order valence-corrected chi connectivity index (χ1v) is 8.69. The summed E-state index contributed by atoms with van der Waals surface area (Å²) in [5.74, 6) is -1.43. The largest absolute Gasteiger partial charge is 0.382 e. The molecule has 2 heterocycles. The van der Waals surface area contributed by atoms with E-state index in [2.05, 4.69) is 17.0 Å². The number of aromatic nitrogens is 2. The van der Waals surface area contributed by atoms with E-state index >= 15 is 0 Å². The van der Waals surface area contributed by atoms with Gasteiger partial charge in [0.05, 0.1) is 18.2 Å². The third kappa shape index (κ3) is 3.41. The van der Waals surface area contributed by atoms with Crippen molar-refractivity contribution in [2.75, 3.05) is 34.2 Å². The van der Waals surface area contributed by atoms with Gasteiger partial charge in [0, 0.05) is 52.0 Å². The number of amides is 2. The van der Waals surface area contributed by atoms with Crippen LogP contribution >= 0.6 is 0 Å². The van der Waals surface area contributed by atoms with E-state index in [0.29, 0.717) is 12.6 Å². The van der Waals surface area contributed by atoms with Gasteiger partial charge in [0.15, 0.2) is 0 Å². The van der Waals surface area contributed by atoms with Gasteiger partial charge < -0.3 is 19.8 Å². The van der Waals surface area contributed by atoms with Crippen LogP contribution < -0.4 is 0 Å². The predicted octanol–water partition coefficient (Wildman–Crippen LogP) is -0.537. The summed E-state index contributed by atoms with van der Waals surface area (Å²) in [6.45, 7) is 1.36. The van der Waals surface area contributed by atoms with Crippen LogP contribution in [0.25, 0.3) is 0 Å². The Morgan fingerprint density at radius 2 is 2.00 bits per heavy atom. The number of hydrogen-bond acceptors (Lipinski definition) is 5. The summed E-state index contributed by atoms with van der Waals surface area (Å²) in [5, 5.41) is 14.5. The number of nitrogens with zero attached hydrogens (tertiary/aromatic N) is 5. The summed E-state index contributed by atoms with van der Waals surface area (Å²) >= 11 is 0. The van der Waals surface area contributed by atoms with E-state index in [1.165, 1.54) is 17.7 Å². The van der Waals surface area contributed by atoms with Crippen LogP contribution in [0.1, 0.15) is 24.4 Å². The van der Waals surface area contributed by atoms with Gasteiger partial charge >= 0.3 is 0 Å². The molecule has 0 bridgehead atoms. The highest BCUT2D eigenvalue weighted by molar-refractivity contribution is 5.93. The molecule has 1 aliphatic heterocycles. The van der Waals surface area contributed by atoms with Crippen molar-refractivity contribution in [1.29, 1.82) is 0 Å². The van der Waals surface area contributed by atoms with E-state index < -0.39 is 24.0 Å². The number of hydrogen-bond donors (Lipinski definition) is 1. The normalized spacial score (nSPS) is 26.6. The number of rotatable bonds is 6. The van der Waals surface area contributed by atoms with Crippen molar-refractivity contribution < 1.29 is 14.7 Å². The maximum absolute atomic E-state index is 13.0. The van der Waals surface area contributed by atoms with Gasteiger partial charge in [-0.25, -0.2) is 0 Å². The molecule has 0 aromatic carbocycles. The topological polar surface area (TPSA) is 81.9 Å². The number of likely N-dealkylation sites (N-methyl/N-ethyl adjacent to an activating group) is 3. The quantitative estimate of drug-likeness (QED) is 0.746. The summed E-state index contributed by atoms with van der Waals surface area (Å²) in [6, 6.07) is 0.142. The SMILES string of the molecule is CN(CCN(C)C1CC1)C(=O)[C@@H]1[C@H](O)C(=O)N(C)[C@H]1c1cnn(C)c1. The molecule has 0 radical (unpaired) electrons. The third-order valence-corrected chi connectivity index (χ3v) is 5.38. The van der Waals surface area contributed by atoms with Crippen LogP contribution in [0.3, 0.4) is 0 Å². The molecule has 2 aliphatic rings. The maximum Gasteiger partial charge on any atom is 0.252 e. The standard InChI is InChI=1S/C17H27N5O3/c1-19(12-5-6-12)7-8-20(2)16(24)13-14(11-9-18-21(3)10-11)22(4)17(25)15(13)23/h9-10,12-15,23H,5-8H2,1-4H3/t13-,14-,15-/m0/s1. The van der Waals surface area contributed by atoms with Crippen LogP contribution in [0.2, 0.25) is 0 Å². The van der Waals surface area contributed by atoms with Crippen molar-refractivity contribution in [2.45, 2.75) is 31.0 Å². The number of carbonyl (C=O) groups excluding carboxylic acids is 2. The molecule has 0 spiro atoms. The van der Waals surface area contributed by atoms with Crippen LogP contribution in [-0.4, -0.2) is 87.8 Å². The fraction of sp³-hybridized carbons (Fsp3) is 0.706. The summed E-state index contributed by atoms with van der Waals surface area (Å²) in [6.07, 6.45) is 4.56. The van der Waals surface area contributed by atoms with Crippen LogP contribution in [-0.2, 0) is 16.6 Å². The molecule has 0 unspecified atom stereocenters. The second kappa shape index (κ2) is 6.76. The number of carbonyl (C=O) groups is 2. The van der Waals surface area contributed by atoms with Crippen LogP contribution in [0.5, 0.6) is 0 Å². The second-order valence-electron chi connectivity index (χ2n) is 7.28. The minimum atomic E-state index is -1.31. The van der Waals surface area contributed by atoms with Crippen LogP contribution in [0.4, 0.5) is 0 Å². The number of likely N-dealkylation sites (tertiary alicyclic amines) is 1. The first kappa shape index (κ1) is 17.9. The Hall–Kier alpha value is -1.93. The average Bonchev–Trinajstić information content (AvgIpc) is 3.32. The highest BCUT2D eigenvalue weighted by atomic mass is 16.3. The Morgan fingerprint density at radius 1 is 1.32 bits per heavy atom. The van der Waals surface area contributed by atoms with Crippen LogP contribution in [0, 0.1) is 5.92 Å². The first-order valence-electron chi connectivity index (χ1n) is 8.69. The minimum Gasteiger partial charge on any atom is -0.382 e. The molecule has 2 amide bonds. The maximum atomic E-state index is 13.0. The number of aliphatic hydroxyl groups is 1. The van der Waals surface area contributed by atoms with Crippen molar-refractivity contribution in [3.63, 3.8) is 0 Å². The second-order valence-corrected chi connectivity index (χ2v) is 7.28.